The van der Waals surface area contributed by atoms with Crippen molar-refractivity contribution in [1.29, 1.82) is 0 Å². The number of piperidine rings is 1. The maximum Gasteiger partial charge on any atom is 0.411 e. The Morgan fingerprint density at radius 2 is 1.88 bits per heavy atom. The molecule has 0 bridgehead atoms. The van der Waals surface area contributed by atoms with E-state index in [-0.39, 0.29) is 18.8 Å². The van der Waals surface area contributed by atoms with E-state index in [0.717, 1.165) is 19.4 Å². The molecule has 7 heteroatoms. The Balaban J connectivity index is 1.63. The zero-order chi connectivity index (χ0) is 18.9. The highest BCUT2D eigenvalue weighted by atomic mass is 16.6. The van der Waals surface area contributed by atoms with Gasteiger partial charge in [0.1, 0.15) is 11.6 Å². The summed E-state index contributed by atoms with van der Waals surface area (Å²) in [5, 5.41) is 13.1. The molecule has 3 rings (SSSR count). The summed E-state index contributed by atoms with van der Waals surface area (Å²) in [5.41, 5.74) is -0.649. The smallest absolute Gasteiger partial charge is 0.411 e. The van der Waals surface area contributed by atoms with Gasteiger partial charge in [-0.3, -0.25) is 4.90 Å². The molecule has 1 amide bonds. The molecule has 1 saturated carbocycles. The minimum atomic E-state index is -0.997. The van der Waals surface area contributed by atoms with Crippen molar-refractivity contribution in [3.05, 3.63) is 0 Å². The van der Waals surface area contributed by atoms with Gasteiger partial charge in [-0.25, -0.2) is 9.59 Å². The molecule has 0 aromatic rings. The molecule has 148 valence electrons. The third-order valence-electron chi connectivity index (χ3n) is 5.68. The fourth-order valence-electron chi connectivity index (χ4n) is 4.55. The molecule has 0 aromatic carbocycles. The normalized spacial score (nSPS) is 35.0. The van der Waals surface area contributed by atoms with Gasteiger partial charge in [0.2, 0.25) is 0 Å². The van der Waals surface area contributed by atoms with Gasteiger partial charge in [-0.2, -0.15) is 0 Å². The summed E-state index contributed by atoms with van der Waals surface area (Å²) in [6.07, 6.45) is 5.46. The first-order valence-corrected chi connectivity index (χ1v) is 9.86. The zero-order valence-corrected chi connectivity index (χ0v) is 16.1. The zero-order valence-electron chi connectivity index (χ0n) is 16.1. The van der Waals surface area contributed by atoms with Crippen LogP contribution in [0.15, 0.2) is 0 Å². The lowest BCUT2D eigenvalue weighted by Crippen LogP contribution is -2.51. The second kappa shape index (κ2) is 7.72. The molecule has 3 aliphatic rings. The molecule has 26 heavy (non-hydrogen) atoms. The van der Waals surface area contributed by atoms with E-state index in [1.165, 1.54) is 24.2 Å². The number of aliphatic carboxylic acids is 1. The number of hydrogen-bond acceptors (Lipinski definition) is 5. The highest BCUT2D eigenvalue weighted by molar-refractivity contribution is 5.81. The maximum absolute atomic E-state index is 12.4. The predicted molar refractivity (Wildman–Crippen MR) is 96.0 cm³/mol. The fourth-order valence-corrected chi connectivity index (χ4v) is 4.55. The van der Waals surface area contributed by atoms with E-state index in [1.54, 1.807) is 20.8 Å². The van der Waals surface area contributed by atoms with Crippen LogP contribution >= 0.6 is 0 Å². The summed E-state index contributed by atoms with van der Waals surface area (Å²) in [5.74, 6) is -0.501. The van der Waals surface area contributed by atoms with E-state index in [4.69, 9.17) is 9.47 Å². The highest BCUT2D eigenvalue weighted by Gasteiger charge is 2.44. The van der Waals surface area contributed by atoms with Crippen molar-refractivity contribution in [2.75, 3.05) is 13.1 Å². The lowest BCUT2D eigenvalue weighted by atomic mass is 9.77. The molecule has 2 heterocycles. The Kier molecular flexibility index (Phi) is 5.77. The Bertz CT molecular complexity index is 531. The number of fused-ring (bicyclic) bond motifs is 1. The molecule has 2 N–H and O–H groups in total. The molecule has 3 fully saturated rings. The summed E-state index contributed by atoms with van der Waals surface area (Å²) in [6, 6.07) is -0.361. The van der Waals surface area contributed by atoms with Gasteiger partial charge in [-0.1, -0.05) is 12.8 Å². The van der Waals surface area contributed by atoms with Crippen molar-refractivity contribution in [2.45, 2.75) is 89.2 Å². The van der Waals surface area contributed by atoms with E-state index in [0.29, 0.717) is 18.4 Å². The largest absolute Gasteiger partial charge is 0.480 e. The van der Waals surface area contributed by atoms with Crippen LogP contribution in [0.1, 0.15) is 59.3 Å². The van der Waals surface area contributed by atoms with Crippen LogP contribution in [0.4, 0.5) is 4.79 Å². The van der Waals surface area contributed by atoms with Gasteiger partial charge in [-0.05, 0) is 46.6 Å². The molecule has 0 spiro atoms. The number of ether oxygens (including phenoxy) is 2. The van der Waals surface area contributed by atoms with E-state index in [2.05, 4.69) is 5.32 Å². The quantitative estimate of drug-likeness (QED) is 0.795. The Morgan fingerprint density at radius 1 is 1.15 bits per heavy atom. The molecule has 5 atom stereocenters. The van der Waals surface area contributed by atoms with Crippen LogP contribution in [0.5, 0.6) is 0 Å². The van der Waals surface area contributed by atoms with Gasteiger partial charge in [0, 0.05) is 18.4 Å². The molecular formula is C19H32N2O5. The average Bonchev–Trinajstić information content (AvgIpc) is 2.98. The molecular weight excluding hydrogens is 336 g/mol. The number of carboxylic acids is 1. The van der Waals surface area contributed by atoms with Crippen LogP contribution in [-0.4, -0.2) is 65.1 Å². The van der Waals surface area contributed by atoms with E-state index in [9.17, 15) is 14.7 Å². The van der Waals surface area contributed by atoms with Crippen molar-refractivity contribution in [2.24, 2.45) is 5.92 Å². The molecule has 4 unspecified atom stereocenters. The number of nitrogens with zero attached hydrogens (tertiary/aromatic N) is 1. The summed E-state index contributed by atoms with van der Waals surface area (Å²) >= 11 is 0. The summed E-state index contributed by atoms with van der Waals surface area (Å²) in [4.78, 5) is 25.4. The number of likely N-dealkylation sites (tertiary alicyclic amines) is 1. The van der Waals surface area contributed by atoms with E-state index in [1.807, 2.05) is 0 Å². The lowest BCUT2D eigenvalue weighted by molar-refractivity contribution is -0.142. The standard InChI is InChI=1S/C19H32N2O5/c1-19(2,3)26-18(24)21-11-12(10-15(21)17(22)23)25-16-8-9-20-14-7-5-4-6-13(14)16/h12-16,20H,4-11H2,1-3H3,(H,22,23)/t12?,13?,14?,15-,16?/m0/s1. The van der Waals surface area contributed by atoms with Crippen LogP contribution in [-0.2, 0) is 14.3 Å². The third-order valence-corrected chi connectivity index (χ3v) is 5.68. The van der Waals surface area contributed by atoms with Gasteiger partial charge in [0.05, 0.1) is 18.8 Å². The first kappa shape index (κ1) is 19.4. The second-order valence-corrected chi connectivity index (χ2v) is 8.82. The number of carbonyl (C=O) groups is 2. The first-order chi connectivity index (χ1) is 12.2. The van der Waals surface area contributed by atoms with Gasteiger partial charge in [0.25, 0.3) is 0 Å². The van der Waals surface area contributed by atoms with Crippen LogP contribution in [0.2, 0.25) is 0 Å². The summed E-state index contributed by atoms with van der Waals surface area (Å²) in [6.45, 7) is 6.57. The number of hydrogen-bond donors (Lipinski definition) is 2. The maximum atomic E-state index is 12.4. The van der Waals surface area contributed by atoms with Gasteiger partial charge in [0.15, 0.2) is 0 Å². The van der Waals surface area contributed by atoms with Crippen LogP contribution in [0.3, 0.4) is 0 Å². The molecule has 2 saturated heterocycles. The molecule has 0 aromatic heterocycles. The SMILES string of the molecule is CC(C)(C)OC(=O)N1CC(OC2CCNC3CCCCC32)C[C@H]1C(=O)O. The van der Waals surface area contributed by atoms with Gasteiger partial charge < -0.3 is 19.9 Å². The van der Waals surface area contributed by atoms with E-state index < -0.39 is 23.7 Å². The number of amides is 1. The molecule has 7 nitrogen and oxygen atoms in total. The molecule has 2 aliphatic heterocycles. The van der Waals surface area contributed by atoms with Crippen LogP contribution < -0.4 is 5.32 Å². The van der Waals surface area contributed by atoms with Crippen molar-refractivity contribution < 1.29 is 24.2 Å². The number of nitrogens with one attached hydrogen (secondary N) is 1. The Hall–Kier alpha value is -1.34. The predicted octanol–water partition coefficient (Wildman–Crippen LogP) is 2.39. The van der Waals surface area contributed by atoms with Crippen molar-refractivity contribution in [1.82, 2.24) is 10.2 Å². The minimum absolute atomic E-state index is 0.152. The van der Waals surface area contributed by atoms with E-state index >= 15 is 0 Å². The highest BCUT2D eigenvalue weighted by Crippen LogP contribution is 2.35. The topological polar surface area (TPSA) is 88.1 Å². The third kappa shape index (κ3) is 4.49. The first-order valence-electron chi connectivity index (χ1n) is 9.86. The fraction of sp³-hybridized carbons (Fsp3) is 0.895. The van der Waals surface area contributed by atoms with Crippen molar-refractivity contribution >= 4 is 12.1 Å². The minimum Gasteiger partial charge on any atom is -0.480 e. The van der Waals surface area contributed by atoms with Gasteiger partial charge >= 0.3 is 12.1 Å². The summed E-state index contributed by atoms with van der Waals surface area (Å²) in [7, 11) is 0. The summed E-state index contributed by atoms with van der Waals surface area (Å²) < 4.78 is 11.7. The molecule has 1 aliphatic carbocycles. The average molecular weight is 368 g/mol. The number of carbonyl (C=O) groups excluding carboxylic acids is 1. The Morgan fingerprint density at radius 3 is 2.58 bits per heavy atom. The lowest BCUT2D eigenvalue weighted by Gasteiger charge is -2.42. The molecule has 0 radical (unpaired) electrons. The van der Waals surface area contributed by atoms with Crippen molar-refractivity contribution in [3.8, 4) is 0 Å². The van der Waals surface area contributed by atoms with Crippen molar-refractivity contribution in [3.63, 3.8) is 0 Å². The van der Waals surface area contributed by atoms with Gasteiger partial charge in [-0.15, -0.1) is 0 Å². The van der Waals surface area contributed by atoms with Crippen LogP contribution in [0.25, 0.3) is 0 Å². The monoisotopic (exact) mass is 368 g/mol. The number of rotatable bonds is 3. The Labute approximate surface area is 155 Å². The number of carboxylic acid groups (broad SMARTS) is 1. The second-order valence-electron chi connectivity index (χ2n) is 8.82. The van der Waals surface area contributed by atoms with Crippen LogP contribution in [0, 0.1) is 5.92 Å².